The Hall–Kier alpha value is -2.13. The summed E-state index contributed by atoms with van der Waals surface area (Å²) in [5, 5.41) is 11.8. The van der Waals surface area contributed by atoms with E-state index in [2.05, 4.69) is 5.32 Å². The van der Waals surface area contributed by atoms with Crippen LogP contribution in [-0.4, -0.2) is 17.6 Å². The molecule has 3 nitrogen and oxygen atoms in total. The van der Waals surface area contributed by atoms with Gasteiger partial charge in [-0.2, -0.15) is 0 Å². The largest absolute Gasteiger partial charge is 0.396 e. The highest BCUT2D eigenvalue weighted by atomic mass is 16.2. The number of anilines is 1. The van der Waals surface area contributed by atoms with Crippen LogP contribution in [-0.2, 0) is 6.42 Å². The van der Waals surface area contributed by atoms with Crippen molar-refractivity contribution in [2.45, 2.75) is 26.7 Å². The maximum atomic E-state index is 12.4. The van der Waals surface area contributed by atoms with Crippen LogP contribution >= 0.6 is 0 Å². The topological polar surface area (TPSA) is 49.3 Å². The maximum Gasteiger partial charge on any atom is 0.255 e. The molecule has 0 atom stereocenters. The third-order valence-electron chi connectivity index (χ3n) is 3.66. The number of aliphatic hydroxyl groups excluding tert-OH is 1. The summed E-state index contributed by atoms with van der Waals surface area (Å²) in [6, 6.07) is 13.5. The maximum absolute atomic E-state index is 12.4. The monoisotopic (exact) mass is 283 g/mol. The predicted octanol–water partition coefficient (Wildman–Crippen LogP) is 3.48. The highest BCUT2D eigenvalue weighted by Crippen LogP contribution is 2.17. The van der Waals surface area contributed by atoms with E-state index in [0.29, 0.717) is 5.56 Å². The number of carbonyl (C=O) groups excluding carboxylic acids is 1. The van der Waals surface area contributed by atoms with E-state index < -0.39 is 0 Å². The van der Waals surface area contributed by atoms with Gasteiger partial charge in [-0.15, -0.1) is 0 Å². The van der Waals surface area contributed by atoms with Crippen molar-refractivity contribution in [2.24, 2.45) is 0 Å². The molecule has 0 bridgehead atoms. The van der Waals surface area contributed by atoms with E-state index in [9.17, 15) is 4.79 Å². The van der Waals surface area contributed by atoms with Gasteiger partial charge in [-0.1, -0.05) is 24.3 Å². The van der Waals surface area contributed by atoms with Crippen LogP contribution in [0.1, 0.15) is 33.5 Å². The molecule has 0 aliphatic carbocycles. The lowest BCUT2D eigenvalue weighted by atomic mass is 10.0. The van der Waals surface area contributed by atoms with Crippen molar-refractivity contribution in [3.63, 3.8) is 0 Å². The first-order valence-electron chi connectivity index (χ1n) is 7.19. The molecule has 0 unspecified atom stereocenters. The molecule has 0 spiro atoms. The summed E-state index contributed by atoms with van der Waals surface area (Å²) in [4.78, 5) is 12.4. The van der Waals surface area contributed by atoms with Crippen LogP contribution in [0.15, 0.2) is 42.5 Å². The molecule has 0 aliphatic rings. The number of hydrogen-bond donors (Lipinski definition) is 2. The number of rotatable bonds is 5. The van der Waals surface area contributed by atoms with Crippen LogP contribution in [0.2, 0.25) is 0 Å². The fourth-order valence-electron chi connectivity index (χ4n) is 2.28. The minimum atomic E-state index is -0.0875. The van der Waals surface area contributed by atoms with E-state index in [-0.39, 0.29) is 12.5 Å². The standard InChI is InChI=1S/C18H21NO2/c1-13-6-3-10-17(14(13)2)18(21)19-16-9-4-7-15(12-16)8-5-11-20/h3-4,6-7,9-10,12,20H,5,8,11H2,1-2H3,(H,19,21). The molecule has 2 N–H and O–H groups in total. The number of benzene rings is 2. The number of nitrogens with one attached hydrogen (secondary N) is 1. The number of carbonyl (C=O) groups is 1. The minimum absolute atomic E-state index is 0.0875. The summed E-state index contributed by atoms with van der Waals surface area (Å²) in [5.74, 6) is -0.0875. The van der Waals surface area contributed by atoms with E-state index in [1.54, 1.807) is 0 Å². The molecule has 21 heavy (non-hydrogen) atoms. The Morgan fingerprint density at radius 2 is 1.90 bits per heavy atom. The van der Waals surface area contributed by atoms with Gasteiger partial charge in [0.25, 0.3) is 5.91 Å². The third kappa shape index (κ3) is 3.92. The van der Waals surface area contributed by atoms with E-state index >= 15 is 0 Å². The zero-order valence-electron chi connectivity index (χ0n) is 12.5. The van der Waals surface area contributed by atoms with Crippen LogP contribution in [0.4, 0.5) is 5.69 Å². The summed E-state index contributed by atoms with van der Waals surface area (Å²) in [7, 11) is 0. The Balaban J connectivity index is 2.14. The Bertz CT molecular complexity index is 635. The van der Waals surface area contributed by atoms with Gasteiger partial charge in [0.15, 0.2) is 0 Å². The van der Waals surface area contributed by atoms with Crippen molar-refractivity contribution in [1.82, 2.24) is 0 Å². The normalized spacial score (nSPS) is 10.4. The molecule has 0 heterocycles. The van der Waals surface area contributed by atoms with Crippen LogP contribution in [0.25, 0.3) is 0 Å². The smallest absolute Gasteiger partial charge is 0.255 e. The molecule has 2 aromatic carbocycles. The molecule has 3 heteroatoms. The number of aryl methyl sites for hydroxylation is 2. The summed E-state index contributed by atoms with van der Waals surface area (Å²) >= 11 is 0. The van der Waals surface area contributed by atoms with Crippen molar-refractivity contribution in [3.05, 3.63) is 64.7 Å². The van der Waals surface area contributed by atoms with Gasteiger partial charge < -0.3 is 10.4 Å². The van der Waals surface area contributed by atoms with Crippen molar-refractivity contribution in [3.8, 4) is 0 Å². The van der Waals surface area contributed by atoms with E-state index in [4.69, 9.17) is 5.11 Å². The molecule has 0 saturated heterocycles. The van der Waals surface area contributed by atoms with Gasteiger partial charge in [-0.25, -0.2) is 0 Å². The van der Waals surface area contributed by atoms with Gasteiger partial charge >= 0.3 is 0 Å². The zero-order chi connectivity index (χ0) is 15.2. The van der Waals surface area contributed by atoms with Crippen LogP contribution in [0.3, 0.4) is 0 Å². The Morgan fingerprint density at radius 1 is 1.14 bits per heavy atom. The van der Waals surface area contributed by atoms with Crippen molar-refractivity contribution in [2.75, 3.05) is 11.9 Å². The van der Waals surface area contributed by atoms with E-state index in [1.165, 1.54) is 0 Å². The first-order chi connectivity index (χ1) is 10.1. The Labute approximate surface area is 125 Å². The van der Waals surface area contributed by atoms with Crippen LogP contribution in [0, 0.1) is 13.8 Å². The number of aliphatic hydroxyl groups is 1. The van der Waals surface area contributed by atoms with E-state index in [0.717, 1.165) is 35.2 Å². The van der Waals surface area contributed by atoms with Crippen molar-refractivity contribution >= 4 is 11.6 Å². The fourth-order valence-corrected chi connectivity index (χ4v) is 2.28. The summed E-state index contributed by atoms with van der Waals surface area (Å²) in [6.45, 7) is 4.14. The van der Waals surface area contributed by atoms with Crippen molar-refractivity contribution in [1.29, 1.82) is 0 Å². The summed E-state index contributed by atoms with van der Waals surface area (Å²) in [5.41, 5.74) is 4.72. The number of amides is 1. The Kier molecular flexibility index (Phi) is 5.12. The molecule has 2 rings (SSSR count). The van der Waals surface area contributed by atoms with Gasteiger partial charge in [0.1, 0.15) is 0 Å². The number of hydrogen-bond acceptors (Lipinski definition) is 2. The molecule has 110 valence electrons. The van der Waals surface area contributed by atoms with Crippen LogP contribution in [0.5, 0.6) is 0 Å². The quantitative estimate of drug-likeness (QED) is 0.882. The second kappa shape index (κ2) is 7.04. The lowest BCUT2D eigenvalue weighted by Gasteiger charge is -2.10. The second-order valence-electron chi connectivity index (χ2n) is 5.23. The van der Waals surface area contributed by atoms with Gasteiger partial charge in [-0.05, 0) is 61.6 Å². The molecule has 0 aromatic heterocycles. The SMILES string of the molecule is Cc1cccc(C(=O)Nc2cccc(CCCO)c2)c1C. The average Bonchev–Trinajstić information content (AvgIpc) is 2.48. The fraction of sp³-hybridized carbons (Fsp3) is 0.278. The predicted molar refractivity (Wildman–Crippen MR) is 85.7 cm³/mol. The van der Waals surface area contributed by atoms with Gasteiger partial charge in [0.05, 0.1) is 0 Å². The third-order valence-corrected chi connectivity index (χ3v) is 3.66. The first kappa shape index (κ1) is 15.3. The molecule has 0 saturated carbocycles. The summed E-state index contributed by atoms with van der Waals surface area (Å²) < 4.78 is 0. The Morgan fingerprint density at radius 3 is 2.67 bits per heavy atom. The van der Waals surface area contributed by atoms with Crippen LogP contribution < -0.4 is 5.32 Å². The molecule has 0 fully saturated rings. The lowest BCUT2D eigenvalue weighted by Crippen LogP contribution is -2.14. The molecule has 0 radical (unpaired) electrons. The van der Waals surface area contributed by atoms with Gasteiger partial charge in [-0.3, -0.25) is 4.79 Å². The first-order valence-corrected chi connectivity index (χ1v) is 7.19. The van der Waals surface area contributed by atoms with Crippen molar-refractivity contribution < 1.29 is 9.90 Å². The molecular formula is C18H21NO2. The molecule has 2 aromatic rings. The summed E-state index contributed by atoms with van der Waals surface area (Å²) in [6.07, 6.45) is 1.54. The average molecular weight is 283 g/mol. The minimum Gasteiger partial charge on any atom is -0.396 e. The highest BCUT2D eigenvalue weighted by Gasteiger charge is 2.10. The molecule has 0 aliphatic heterocycles. The highest BCUT2D eigenvalue weighted by molar-refractivity contribution is 6.05. The molecular weight excluding hydrogens is 262 g/mol. The van der Waals surface area contributed by atoms with Gasteiger partial charge in [0.2, 0.25) is 0 Å². The lowest BCUT2D eigenvalue weighted by molar-refractivity contribution is 0.102. The van der Waals surface area contributed by atoms with Gasteiger partial charge in [0, 0.05) is 17.9 Å². The second-order valence-corrected chi connectivity index (χ2v) is 5.23. The zero-order valence-corrected chi connectivity index (χ0v) is 12.5. The molecule has 1 amide bonds. The van der Waals surface area contributed by atoms with E-state index in [1.807, 2.05) is 56.3 Å².